The zero-order valence-electron chi connectivity index (χ0n) is 8.53. The van der Waals surface area contributed by atoms with Crippen molar-refractivity contribution in [3.63, 3.8) is 0 Å². The summed E-state index contributed by atoms with van der Waals surface area (Å²) in [5.41, 5.74) is 7.73. The van der Waals surface area contributed by atoms with E-state index in [1.54, 1.807) is 17.9 Å². The van der Waals surface area contributed by atoms with Crippen molar-refractivity contribution in [2.75, 3.05) is 11.4 Å². The average Bonchev–Trinajstić information content (AvgIpc) is 2.19. The Balaban J connectivity index is 2.56. The third-order valence-electron chi connectivity index (χ3n) is 2.73. The van der Waals surface area contributed by atoms with E-state index < -0.39 is 0 Å². The molecule has 1 unspecified atom stereocenters. The fraction of sp³-hybridized carbons (Fsp3) is 0.364. The largest absolute Gasteiger partial charge is 0.324 e. The van der Waals surface area contributed by atoms with E-state index in [1.807, 2.05) is 12.1 Å². The first-order valence-electron chi connectivity index (χ1n) is 4.93. The van der Waals surface area contributed by atoms with Gasteiger partial charge in [-0.05, 0) is 18.1 Å². The van der Waals surface area contributed by atoms with Crippen molar-refractivity contribution < 1.29 is 4.79 Å². The maximum absolute atomic E-state index is 11.4. The Hall–Kier alpha value is -1.06. The monoisotopic (exact) mass is 224 g/mol. The number of halogens is 1. The second-order valence-corrected chi connectivity index (χ2v) is 4.15. The molecule has 80 valence electrons. The van der Waals surface area contributed by atoms with E-state index in [1.165, 1.54) is 0 Å². The molecule has 2 N–H and O–H groups in total. The Morgan fingerprint density at radius 2 is 2.33 bits per heavy atom. The molecule has 2 rings (SSSR count). The topological polar surface area (TPSA) is 46.3 Å². The Kier molecular flexibility index (Phi) is 2.67. The third-order valence-corrected chi connectivity index (χ3v) is 3.04. The van der Waals surface area contributed by atoms with Gasteiger partial charge in [-0.1, -0.05) is 23.7 Å². The predicted molar refractivity (Wildman–Crippen MR) is 61.0 cm³/mol. The molecule has 0 aromatic heterocycles. The van der Waals surface area contributed by atoms with Gasteiger partial charge in [-0.2, -0.15) is 0 Å². The van der Waals surface area contributed by atoms with Gasteiger partial charge in [-0.15, -0.1) is 0 Å². The summed E-state index contributed by atoms with van der Waals surface area (Å²) >= 11 is 6.10. The van der Waals surface area contributed by atoms with Gasteiger partial charge in [0.05, 0.1) is 10.7 Å². The lowest BCUT2D eigenvalue weighted by atomic mass is 9.97. The highest BCUT2D eigenvalue weighted by atomic mass is 35.5. The molecule has 0 aliphatic carbocycles. The number of benzene rings is 1. The van der Waals surface area contributed by atoms with Gasteiger partial charge in [0.25, 0.3) is 0 Å². The number of para-hydroxylation sites is 1. The van der Waals surface area contributed by atoms with Crippen molar-refractivity contribution in [2.45, 2.75) is 19.4 Å². The number of anilines is 1. The first kappa shape index (κ1) is 10.5. The summed E-state index contributed by atoms with van der Waals surface area (Å²) in [6.45, 7) is 2.19. The van der Waals surface area contributed by atoms with Crippen LogP contribution in [-0.2, 0) is 4.79 Å². The molecular formula is C11H13ClN2O. The number of nitrogens with two attached hydrogens (primary N) is 1. The lowest BCUT2D eigenvalue weighted by molar-refractivity contribution is -0.116. The van der Waals surface area contributed by atoms with Crippen molar-refractivity contribution in [3.8, 4) is 0 Å². The van der Waals surface area contributed by atoms with Crippen LogP contribution in [0.3, 0.4) is 0 Å². The Bertz CT molecular complexity index is 406. The highest BCUT2D eigenvalue weighted by molar-refractivity contribution is 6.34. The molecule has 1 amide bonds. The molecule has 3 nitrogen and oxygen atoms in total. The first-order valence-corrected chi connectivity index (χ1v) is 5.31. The van der Waals surface area contributed by atoms with Gasteiger partial charge >= 0.3 is 0 Å². The Morgan fingerprint density at radius 3 is 3.00 bits per heavy atom. The fourth-order valence-corrected chi connectivity index (χ4v) is 2.25. The molecule has 1 heterocycles. The molecule has 1 aliphatic heterocycles. The molecule has 1 atom stereocenters. The SMILES string of the molecule is CC(=O)N1CCC(N)c2cccc(Cl)c21. The molecule has 0 saturated heterocycles. The molecule has 1 aromatic carbocycles. The summed E-state index contributed by atoms with van der Waals surface area (Å²) in [6.07, 6.45) is 0.785. The van der Waals surface area contributed by atoms with E-state index in [4.69, 9.17) is 17.3 Å². The van der Waals surface area contributed by atoms with Gasteiger partial charge in [0.1, 0.15) is 0 Å². The minimum Gasteiger partial charge on any atom is -0.324 e. The molecule has 0 bridgehead atoms. The van der Waals surface area contributed by atoms with Gasteiger partial charge in [-0.25, -0.2) is 0 Å². The van der Waals surface area contributed by atoms with Gasteiger partial charge < -0.3 is 10.6 Å². The third kappa shape index (κ3) is 1.73. The van der Waals surface area contributed by atoms with Gasteiger partial charge in [-0.3, -0.25) is 4.79 Å². The Morgan fingerprint density at radius 1 is 1.60 bits per heavy atom. The number of hydrogen-bond acceptors (Lipinski definition) is 2. The summed E-state index contributed by atoms with van der Waals surface area (Å²) in [5, 5.41) is 0.595. The zero-order valence-corrected chi connectivity index (χ0v) is 9.29. The average molecular weight is 225 g/mol. The van der Waals surface area contributed by atoms with Crippen molar-refractivity contribution in [1.82, 2.24) is 0 Å². The second-order valence-electron chi connectivity index (χ2n) is 3.74. The summed E-state index contributed by atoms with van der Waals surface area (Å²) in [7, 11) is 0. The molecule has 0 spiro atoms. The lowest BCUT2D eigenvalue weighted by Crippen LogP contribution is -2.37. The molecule has 0 saturated carbocycles. The van der Waals surface area contributed by atoms with Crippen molar-refractivity contribution >= 4 is 23.2 Å². The van der Waals surface area contributed by atoms with Crippen LogP contribution in [0.1, 0.15) is 24.9 Å². The van der Waals surface area contributed by atoms with Crippen LogP contribution in [0.4, 0.5) is 5.69 Å². The summed E-state index contributed by atoms with van der Waals surface area (Å²) in [4.78, 5) is 13.1. The van der Waals surface area contributed by atoms with Gasteiger partial charge in [0.2, 0.25) is 5.91 Å². The summed E-state index contributed by atoms with van der Waals surface area (Å²) < 4.78 is 0. The van der Waals surface area contributed by atoms with Crippen LogP contribution in [0.15, 0.2) is 18.2 Å². The fourth-order valence-electron chi connectivity index (χ4n) is 1.97. The molecule has 1 aromatic rings. The van der Waals surface area contributed by atoms with E-state index in [0.717, 1.165) is 17.7 Å². The van der Waals surface area contributed by atoms with Crippen LogP contribution < -0.4 is 10.6 Å². The minimum absolute atomic E-state index is 0.0104. The van der Waals surface area contributed by atoms with E-state index >= 15 is 0 Å². The highest BCUT2D eigenvalue weighted by Gasteiger charge is 2.26. The van der Waals surface area contributed by atoms with Crippen LogP contribution in [-0.4, -0.2) is 12.5 Å². The van der Waals surface area contributed by atoms with E-state index in [2.05, 4.69) is 0 Å². The first-order chi connectivity index (χ1) is 7.11. The smallest absolute Gasteiger partial charge is 0.223 e. The van der Waals surface area contributed by atoms with Crippen molar-refractivity contribution in [1.29, 1.82) is 0 Å². The highest BCUT2D eigenvalue weighted by Crippen LogP contribution is 2.37. The van der Waals surface area contributed by atoms with Crippen LogP contribution in [0.5, 0.6) is 0 Å². The Labute approximate surface area is 93.8 Å². The number of carbonyl (C=O) groups excluding carboxylic acids is 1. The van der Waals surface area contributed by atoms with Crippen LogP contribution in [0.25, 0.3) is 0 Å². The van der Waals surface area contributed by atoms with E-state index in [0.29, 0.717) is 11.6 Å². The standard InChI is InChI=1S/C11H13ClN2O/c1-7(15)14-6-5-10(13)8-3-2-4-9(12)11(8)14/h2-4,10H,5-6,13H2,1H3. The number of carbonyl (C=O) groups is 1. The number of nitrogens with zero attached hydrogens (tertiary/aromatic N) is 1. The minimum atomic E-state index is -0.0192. The number of hydrogen-bond donors (Lipinski definition) is 1. The van der Waals surface area contributed by atoms with Crippen LogP contribution >= 0.6 is 11.6 Å². The number of amides is 1. The molecular weight excluding hydrogens is 212 g/mol. The van der Waals surface area contributed by atoms with Gasteiger partial charge in [0.15, 0.2) is 0 Å². The van der Waals surface area contributed by atoms with Gasteiger partial charge in [0, 0.05) is 19.5 Å². The number of rotatable bonds is 0. The van der Waals surface area contributed by atoms with E-state index in [-0.39, 0.29) is 11.9 Å². The maximum Gasteiger partial charge on any atom is 0.223 e. The lowest BCUT2D eigenvalue weighted by Gasteiger charge is -2.32. The molecule has 0 radical (unpaired) electrons. The van der Waals surface area contributed by atoms with Crippen molar-refractivity contribution in [3.05, 3.63) is 28.8 Å². The zero-order chi connectivity index (χ0) is 11.0. The molecule has 15 heavy (non-hydrogen) atoms. The predicted octanol–water partition coefficient (Wildman–Crippen LogP) is 2.10. The normalized spacial score (nSPS) is 19.9. The summed E-state index contributed by atoms with van der Waals surface area (Å²) in [5.74, 6) is 0.0104. The molecule has 4 heteroatoms. The van der Waals surface area contributed by atoms with Crippen molar-refractivity contribution in [2.24, 2.45) is 5.73 Å². The molecule has 0 fully saturated rings. The number of fused-ring (bicyclic) bond motifs is 1. The van der Waals surface area contributed by atoms with Crippen LogP contribution in [0, 0.1) is 0 Å². The molecule has 1 aliphatic rings. The van der Waals surface area contributed by atoms with E-state index in [9.17, 15) is 4.79 Å². The summed E-state index contributed by atoms with van der Waals surface area (Å²) in [6, 6.07) is 5.56. The van der Waals surface area contributed by atoms with Crippen LogP contribution in [0.2, 0.25) is 5.02 Å². The second kappa shape index (κ2) is 3.83. The maximum atomic E-state index is 11.4. The quantitative estimate of drug-likeness (QED) is 0.734.